The molecule has 1 amide bonds. The number of aromatic nitrogens is 4. The molecule has 12 heteroatoms. The van der Waals surface area contributed by atoms with Crippen LogP contribution < -0.4 is 10.0 Å². The summed E-state index contributed by atoms with van der Waals surface area (Å²) in [6, 6.07) is 15.6. The van der Waals surface area contributed by atoms with Crippen LogP contribution in [0.3, 0.4) is 0 Å². The maximum absolute atomic E-state index is 12.4. The predicted octanol–water partition coefficient (Wildman–Crippen LogP) is 3.56. The van der Waals surface area contributed by atoms with Gasteiger partial charge in [-0.1, -0.05) is 30.0 Å². The van der Waals surface area contributed by atoms with Crippen molar-refractivity contribution in [1.82, 2.24) is 19.7 Å². The summed E-state index contributed by atoms with van der Waals surface area (Å²) in [5, 5.41) is 13.6. The van der Waals surface area contributed by atoms with Crippen molar-refractivity contribution in [1.29, 1.82) is 0 Å². The average molecular weight is 487 g/mol. The van der Waals surface area contributed by atoms with E-state index in [0.717, 1.165) is 11.5 Å². The van der Waals surface area contributed by atoms with E-state index in [-0.39, 0.29) is 21.7 Å². The Hall–Kier alpha value is -3.22. The molecule has 0 saturated carbocycles. The zero-order valence-electron chi connectivity index (χ0n) is 16.8. The predicted molar refractivity (Wildman–Crippen MR) is 125 cm³/mol. The van der Waals surface area contributed by atoms with Crippen LogP contribution in [0.15, 0.2) is 76.2 Å². The van der Waals surface area contributed by atoms with Gasteiger partial charge in [0.15, 0.2) is 10.3 Å². The number of carbonyl (C=O) groups is 1. The third-order valence-electron chi connectivity index (χ3n) is 4.24. The number of rotatable bonds is 8. The number of amides is 1. The van der Waals surface area contributed by atoms with Crippen molar-refractivity contribution in [2.75, 3.05) is 15.8 Å². The van der Waals surface area contributed by atoms with Crippen LogP contribution in [0.5, 0.6) is 0 Å². The van der Waals surface area contributed by atoms with Crippen LogP contribution in [0.4, 0.5) is 10.8 Å². The van der Waals surface area contributed by atoms with E-state index in [4.69, 9.17) is 0 Å². The summed E-state index contributed by atoms with van der Waals surface area (Å²) < 4.78 is 29.1. The number of aryl methyl sites for hydroxylation is 1. The van der Waals surface area contributed by atoms with Crippen LogP contribution >= 0.6 is 23.1 Å². The Labute approximate surface area is 193 Å². The first-order valence-electron chi connectivity index (χ1n) is 9.35. The molecule has 0 fully saturated rings. The van der Waals surface area contributed by atoms with Gasteiger partial charge in [-0.05, 0) is 43.3 Å². The lowest BCUT2D eigenvalue weighted by Crippen LogP contribution is -2.15. The van der Waals surface area contributed by atoms with Gasteiger partial charge in [-0.15, -0.1) is 21.5 Å². The molecule has 2 aromatic heterocycles. The van der Waals surface area contributed by atoms with Gasteiger partial charge in [0, 0.05) is 23.0 Å². The molecule has 2 N–H and O–H groups in total. The molecule has 2 heterocycles. The second kappa shape index (κ2) is 9.51. The van der Waals surface area contributed by atoms with Crippen molar-refractivity contribution < 1.29 is 13.2 Å². The van der Waals surface area contributed by atoms with E-state index in [1.807, 2.05) is 41.8 Å². The fourth-order valence-corrected chi connectivity index (χ4v) is 5.39. The standard InChI is InChI=1S/C20H18N6O3S3/c1-14-23-24-20(26(14)16-5-3-2-4-6-16)31-13-18(27)22-15-7-9-17(10-8-15)32(28,29)25-19-21-11-12-30-19/h2-12H,13H2,1H3,(H,21,25)(H,22,27). The Bertz CT molecular complexity index is 1300. The van der Waals surface area contributed by atoms with Crippen LogP contribution in [0, 0.1) is 6.92 Å². The molecule has 0 saturated heterocycles. The molecule has 0 bridgehead atoms. The zero-order chi connectivity index (χ0) is 22.6. The van der Waals surface area contributed by atoms with Gasteiger partial charge < -0.3 is 5.32 Å². The molecule has 32 heavy (non-hydrogen) atoms. The van der Waals surface area contributed by atoms with E-state index in [0.29, 0.717) is 10.8 Å². The van der Waals surface area contributed by atoms with Gasteiger partial charge in [-0.25, -0.2) is 13.4 Å². The van der Waals surface area contributed by atoms with Crippen molar-refractivity contribution in [3.63, 3.8) is 0 Å². The summed E-state index contributed by atoms with van der Waals surface area (Å²) in [6.45, 7) is 1.85. The summed E-state index contributed by atoms with van der Waals surface area (Å²) in [5.41, 5.74) is 1.41. The fraction of sp³-hybridized carbons (Fsp3) is 0.100. The molecule has 9 nitrogen and oxygen atoms in total. The summed E-state index contributed by atoms with van der Waals surface area (Å²) in [6.07, 6.45) is 1.52. The highest BCUT2D eigenvalue weighted by molar-refractivity contribution is 7.99. The van der Waals surface area contributed by atoms with Gasteiger partial charge in [0.05, 0.1) is 10.6 Å². The van der Waals surface area contributed by atoms with Crippen molar-refractivity contribution in [3.05, 3.63) is 72.0 Å². The van der Waals surface area contributed by atoms with Crippen LogP contribution in [0.1, 0.15) is 5.82 Å². The Morgan fingerprint density at radius 3 is 2.53 bits per heavy atom. The molecule has 4 aromatic rings. The average Bonchev–Trinajstić information content (AvgIpc) is 3.42. The van der Waals surface area contributed by atoms with Crippen molar-refractivity contribution >= 4 is 49.8 Å². The number of para-hydroxylation sites is 1. The topological polar surface area (TPSA) is 119 Å². The lowest BCUT2D eigenvalue weighted by molar-refractivity contribution is -0.113. The largest absolute Gasteiger partial charge is 0.325 e. The molecule has 0 aliphatic heterocycles. The van der Waals surface area contributed by atoms with E-state index < -0.39 is 10.0 Å². The number of anilines is 2. The number of benzene rings is 2. The van der Waals surface area contributed by atoms with E-state index in [9.17, 15) is 13.2 Å². The van der Waals surface area contributed by atoms with Crippen LogP contribution in [0.25, 0.3) is 5.69 Å². The van der Waals surface area contributed by atoms with Crippen LogP contribution in [-0.4, -0.2) is 39.8 Å². The Balaban J connectivity index is 1.37. The molecular formula is C20H18N6O3S3. The molecule has 164 valence electrons. The lowest BCUT2D eigenvalue weighted by Gasteiger charge is -2.09. The minimum absolute atomic E-state index is 0.0755. The smallest absolute Gasteiger partial charge is 0.263 e. The summed E-state index contributed by atoms with van der Waals surface area (Å²) in [7, 11) is -3.74. The lowest BCUT2D eigenvalue weighted by atomic mass is 10.3. The maximum Gasteiger partial charge on any atom is 0.263 e. The molecule has 2 aromatic carbocycles. The van der Waals surface area contributed by atoms with Crippen molar-refractivity contribution in [2.45, 2.75) is 17.0 Å². The minimum Gasteiger partial charge on any atom is -0.325 e. The van der Waals surface area contributed by atoms with Gasteiger partial charge in [0.2, 0.25) is 5.91 Å². The van der Waals surface area contributed by atoms with Gasteiger partial charge >= 0.3 is 0 Å². The highest BCUT2D eigenvalue weighted by Crippen LogP contribution is 2.23. The Morgan fingerprint density at radius 2 is 1.84 bits per heavy atom. The summed E-state index contributed by atoms with van der Waals surface area (Å²) in [5.74, 6) is 0.602. The van der Waals surface area contributed by atoms with Gasteiger partial charge in [-0.2, -0.15) is 0 Å². The fourth-order valence-electron chi connectivity index (χ4n) is 2.80. The molecule has 0 aliphatic carbocycles. The third-order valence-corrected chi connectivity index (χ3v) is 7.35. The number of sulfonamides is 1. The number of carbonyl (C=O) groups excluding carboxylic acids is 1. The highest BCUT2D eigenvalue weighted by Gasteiger charge is 2.16. The SMILES string of the molecule is Cc1nnc(SCC(=O)Nc2ccc(S(=O)(=O)Nc3nccs3)cc2)n1-c1ccccc1. The molecule has 0 radical (unpaired) electrons. The normalized spacial score (nSPS) is 11.3. The Kier molecular flexibility index (Phi) is 6.53. The second-order valence-electron chi connectivity index (χ2n) is 6.50. The Morgan fingerprint density at radius 1 is 1.09 bits per heavy atom. The maximum atomic E-state index is 12.4. The summed E-state index contributed by atoms with van der Waals surface area (Å²) in [4.78, 5) is 16.4. The van der Waals surface area contributed by atoms with Gasteiger partial charge in [0.25, 0.3) is 10.0 Å². The van der Waals surface area contributed by atoms with Crippen LogP contribution in [0.2, 0.25) is 0 Å². The first-order valence-corrected chi connectivity index (χ1v) is 12.7. The van der Waals surface area contributed by atoms with E-state index >= 15 is 0 Å². The quantitative estimate of drug-likeness (QED) is 0.366. The number of thioether (sulfide) groups is 1. The molecule has 0 unspecified atom stereocenters. The van der Waals surface area contributed by atoms with E-state index in [1.165, 1.54) is 53.6 Å². The summed E-state index contributed by atoms with van der Waals surface area (Å²) >= 11 is 2.45. The van der Waals surface area contributed by atoms with E-state index in [2.05, 4.69) is 25.2 Å². The monoisotopic (exact) mass is 486 g/mol. The van der Waals surface area contributed by atoms with Crippen molar-refractivity contribution in [3.8, 4) is 5.69 Å². The van der Waals surface area contributed by atoms with E-state index in [1.54, 1.807) is 5.38 Å². The second-order valence-corrected chi connectivity index (χ2v) is 10.0. The van der Waals surface area contributed by atoms with Crippen LogP contribution in [-0.2, 0) is 14.8 Å². The third kappa shape index (κ3) is 5.15. The van der Waals surface area contributed by atoms with Gasteiger partial charge in [0.1, 0.15) is 5.82 Å². The van der Waals surface area contributed by atoms with Gasteiger partial charge in [-0.3, -0.25) is 14.1 Å². The molecule has 0 aliphatic rings. The molecule has 0 spiro atoms. The highest BCUT2D eigenvalue weighted by atomic mass is 32.2. The molecule has 0 atom stereocenters. The zero-order valence-corrected chi connectivity index (χ0v) is 19.2. The minimum atomic E-state index is -3.74. The first-order chi connectivity index (χ1) is 15.4. The molecular weight excluding hydrogens is 468 g/mol. The number of hydrogen-bond donors (Lipinski definition) is 2. The first kappa shape index (κ1) is 22.0. The number of nitrogens with one attached hydrogen (secondary N) is 2. The number of nitrogens with zero attached hydrogens (tertiary/aromatic N) is 4. The molecule has 4 rings (SSSR count). The van der Waals surface area contributed by atoms with Crippen molar-refractivity contribution in [2.24, 2.45) is 0 Å². The number of hydrogen-bond acceptors (Lipinski definition) is 8. The number of thiazole rings is 1.